The summed E-state index contributed by atoms with van der Waals surface area (Å²) < 4.78 is 15.7. The molecule has 5 atom stereocenters. The largest absolute Gasteiger partial charge is 0.452 e. The summed E-state index contributed by atoms with van der Waals surface area (Å²) in [5, 5.41) is 30.0. The molecule has 1 saturated heterocycles. The first-order chi connectivity index (χ1) is 13.5. The van der Waals surface area contributed by atoms with Crippen molar-refractivity contribution in [2.75, 3.05) is 6.61 Å². The molecule has 2 aromatic rings. The lowest BCUT2D eigenvalue weighted by Gasteiger charge is -2.41. The molecule has 0 bridgehead atoms. The van der Waals surface area contributed by atoms with Gasteiger partial charge in [0.2, 0.25) is 0 Å². The summed E-state index contributed by atoms with van der Waals surface area (Å²) in [6, 6.07) is 16.0. The summed E-state index contributed by atoms with van der Waals surface area (Å²) in [5.41, 5.74) is 0.422. The van der Waals surface area contributed by atoms with Crippen LogP contribution in [0.5, 0.6) is 0 Å². The molecule has 1 unspecified atom stereocenters. The second kappa shape index (κ2) is 8.94. The van der Waals surface area contributed by atoms with Gasteiger partial charge in [0.1, 0.15) is 12.2 Å². The van der Waals surface area contributed by atoms with Crippen LogP contribution in [-0.4, -0.2) is 64.6 Å². The fourth-order valence-electron chi connectivity index (χ4n) is 2.85. The van der Waals surface area contributed by atoms with Crippen molar-refractivity contribution in [3.63, 3.8) is 0 Å². The van der Waals surface area contributed by atoms with Crippen LogP contribution in [0.25, 0.3) is 0 Å². The van der Waals surface area contributed by atoms with E-state index in [0.717, 1.165) is 0 Å². The Balaban J connectivity index is 1.82. The van der Waals surface area contributed by atoms with Crippen molar-refractivity contribution in [3.8, 4) is 0 Å². The Morgan fingerprint density at radius 1 is 0.821 bits per heavy atom. The molecule has 1 aliphatic heterocycles. The number of benzene rings is 2. The highest BCUT2D eigenvalue weighted by Gasteiger charge is 2.49. The van der Waals surface area contributed by atoms with E-state index in [1.54, 1.807) is 36.4 Å². The highest BCUT2D eigenvalue weighted by Crippen LogP contribution is 2.26. The van der Waals surface area contributed by atoms with Crippen molar-refractivity contribution in [2.24, 2.45) is 0 Å². The smallest absolute Gasteiger partial charge is 0.338 e. The summed E-state index contributed by atoms with van der Waals surface area (Å²) in [5.74, 6) is -1.57. The van der Waals surface area contributed by atoms with Gasteiger partial charge in [-0.05, 0) is 24.3 Å². The average molecular weight is 388 g/mol. The van der Waals surface area contributed by atoms with E-state index in [9.17, 15) is 24.9 Å². The van der Waals surface area contributed by atoms with Crippen molar-refractivity contribution >= 4 is 11.9 Å². The molecule has 148 valence electrons. The maximum absolute atomic E-state index is 12.4. The third kappa shape index (κ3) is 4.37. The number of hydrogen-bond acceptors (Lipinski definition) is 8. The Kier molecular flexibility index (Phi) is 6.37. The molecule has 2 aromatic carbocycles. The van der Waals surface area contributed by atoms with Crippen molar-refractivity contribution in [3.05, 3.63) is 71.8 Å². The van der Waals surface area contributed by atoms with Crippen LogP contribution in [0.3, 0.4) is 0 Å². The Hall–Kier alpha value is -2.78. The van der Waals surface area contributed by atoms with Gasteiger partial charge in [0.25, 0.3) is 0 Å². The van der Waals surface area contributed by atoms with Gasteiger partial charge in [-0.2, -0.15) is 0 Å². The Labute approximate surface area is 160 Å². The van der Waals surface area contributed by atoms with Crippen LogP contribution in [0.15, 0.2) is 60.7 Å². The Bertz CT molecular complexity index is 794. The quantitative estimate of drug-likeness (QED) is 0.633. The lowest BCUT2D eigenvalue weighted by molar-refractivity contribution is -0.285. The third-order valence-electron chi connectivity index (χ3n) is 4.32. The van der Waals surface area contributed by atoms with E-state index in [0.29, 0.717) is 0 Å². The number of rotatable bonds is 5. The summed E-state index contributed by atoms with van der Waals surface area (Å²) in [4.78, 5) is 24.8. The maximum atomic E-state index is 12.4. The van der Waals surface area contributed by atoms with Crippen LogP contribution in [0.1, 0.15) is 20.7 Å². The predicted octanol–water partition coefficient (Wildman–Crippen LogP) is 0.508. The minimum absolute atomic E-state index is 0.210. The van der Waals surface area contributed by atoms with Crippen LogP contribution in [0.2, 0.25) is 0 Å². The second-order valence-corrected chi connectivity index (χ2v) is 6.21. The van der Waals surface area contributed by atoms with Crippen molar-refractivity contribution in [1.29, 1.82) is 0 Å². The number of carbonyl (C=O) groups excluding carboxylic acids is 2. The predicted molar refractivity (Wildman–Crippen MR) is 95.3 cm³/mol. The molecule has 1 heterocycles. The second-order valence-electron chi connectivity index (χ2n) is 6.21. The van der Waals surface area contributed by atoms with Gasteiger partial charge in [0, 0.05) is 0 Å². The molecule has 3 rings (SSSR count). The molecule has 1 aliphatic rings. The Morgan fingerprint density at radius 2 is 1.29 bits per heavy atom. The van der Waals surface area contributed by atoms with Crippen LogP contribution in [0.4, 0.5) is 0 Å². The highest BCUT2D eigenvalue weighted by atomic mass is 16.7. The van der Waals surface area contributed by atoms with E-state index in [-0.39, 0.29) is 11.1 Å². The molecule has 0 aromatic heterocycles. The van der Waals surface area contributed by atoms with E-state index in [1.165, 1.54) is 24.3 Å². The van der Waals surface area contributed by atoms with Crippen LogP contribution in [-0.2, 0) is 14.2 Å². The molecule has 0 amide bonds. The normalized spacial score (nSPS) is 27.0. The first-order valence-electron chi connectivity index (χ1n) is 8.65. The van der Waals surface area contributed by atoms with Gasteiger partial charge in [0.05, 0.1) is 17.7 Å². The molecule has 8 nitrogen and oxygen atoms in total. The van der Waals surface area contributed by atoms with E-state index >= 15 is 0 Å². The van der Waals surface area contributed by atoms with E-state index in [1.807, 2.05) is 0 Å². The van der Waals surface area contributed by atoms with Crippen LogP contribution < -0.4 is 0 Å². The number of ether oxygens (including phenoxy) is 3. The first-order valence-corrected chi connectivity index (χ1v) is 8.65. The topological polar surface area (TPSA) is 123 Å². The monoisotopic (exact) mass is 388 g/mol. The standard InChI is InChI=1S/C20H20O8/c21-11-14-15(22)16(27-18(23)12-7-3-1-4-8-12)17(20(25)26-14)28-19(24)13-9-5-2-6-10-13/h1-10,14-17,20-22,25H,11H2/t14-,15-,16+,17-,20?/m1/s1. The van der Waals surface area contributed by atoms with E-state index in [2.05, 4.69) is 0 Å². The van der Waals surface area contributed by atoms with Crippen LogP contribution >= 0.6 is 0 Å². The Morgan fingerprint density at radius 3 is 1.75 bits per heavy atom. The molecular weight excluding hydrogens is 368 g/mol. The van der Waals surface area contributed by atoms with Gasteiger partial charge in [-0.25, -0.2) is 9.59 Å². The minimum atomic E-state index is -1.71. The first kappa shape index (κ1) is 20.0. The van der Waals surface area contributed by atoms with Gasteiger partial charge < -0.3 is 29.5 Å². The third-order valence-corrected chi connectivity index (χ3v) is 4.32. The summed E-state index contributed by atoms with van der Waals surface area (Å²) in [7, 11) is 0. The number of aliphatic hydroxyl groups excluding tert-OH is 3. The molecule has 28 heavy (non-hydrogen) atoms. The lowest BCUT2D eigenvalue weighted by atomic mass is 9.98. The summed E-state index contributed by atoms with van der Waals surface area (Å²) in [6.45, 7) is -0.628. The van der Waals surface area contributed by atoms with Gasteiger partial charge in [-0.15, -0.1) is 0 Å². The average Bonchev–Trinajstić information content (AvgIpc) is 2.73. The zero-order valence-corrected chi connectivity index (χ0v) is 14.8. The number of aliphatic hydroxyl groups is 3. The number of esters is 2. The molecule has 8 heteroatoms. The zero-order valence-electron chi connectivity index (χ0n) is 14.8. The maximum Gasteiger partial charge on any atom is 0.338 e. The van der Waals surface area contributed by atoms with E-state index in [4.69, 9.17) is 14.2 Å². The minimum Gasteiger partial charge on any atom is -0.452 e. The molecule has 0 aliphatic carbocycles. The number of hydrogen-bond donors (Lipinski definition) is 3. The fourth-order valence-corrected chi connectivity index (χ4v) is 2.85. The van der Waals surface area contributed by atoms with Gasteiger partial charge in [-0.3, -0.25) is 0 Å². The SMILES string of the molecule is O=C(O[C@H]1[C@H](O)[C@@H](CO)OC(O)[C@@H]1OC(=O)c1ccccc1)c1ccccc1. The molecule has 1 fully saturated rings. The zero-order chi connectivity index (χ0) is 20.1. The van der Waals surface area contributed by atoms with Gasteiger partial charge in [0.15, 0.2) is 18.5 Å². The summed E-state index contributed by atoms with van der Waals surface area (Å²) in [6.07, 6.45) is -7.37. The van der Waals surface area contributed by atoms with Gasteiger partial charge in [-0.1, -0.05) is 36.4 Å². The molecular formula is C20H20O8. The van der Waals surface area contributed by atoms with E-state index < -0.39 is 49.3 Å². The molecule has 0 radical (unpaired) electrons. The van der Waals surface area contributed by atoms with Crippen molar-refractivity contribution in [1.82, 2.24) is 0 Å². The number of carbonyl (C=O) groups is 2. The molecule has 3 N–H and O–H groups in total. The van der Waals surface area contributed by atoms with Crippen molar-refractivity contribution < 1.29 is 39.1 Å². The van der Waals surface area contributed by atoms with Crippen LogP contribution in [0, 0.1) is 0 Å². The molecule has 0 saturated carbocycles. The highest BCUT2D eigenvalue weighted by molar-refractivity contribution is 5.90. The molecule has 0 spiro atoms. The summed E-state index contributed by atoms with van der Waals surface area (Å²) >= 11 is 0. The lowest BCUT2D eigenvalue weighted by Crippen LogP contribution is -2.61. The van der Waals surface area contributed by atoms with Gasteiger partial charge >= 0.3 is 11.9 Å². The fraction of sp³-hybridized carbons (Fsp3) is 0.300. The van der Waals surface area contributed by atoms with Crippen molar-refractivity contribution in [2.45, 2.75) is 30.7 Å².